The highest BCUT2D eigenvalue weighted by atomic mass is 32.1. The molecule has 0 saturated heterocycles. The Morgan fingerprint density at radius 3 is 2.39 bits per heavy atom. The summed E-state index contributed by atoms with van der Waals surface area (Å²) in [6.07, 6.45) is 12.1. The highest BCUT2D eigenvalue weighted by Crippen LogP contribution is 2.72. The Labute approximate surface area is 116 Å². The first-order chi connectivity index (χ1) is 8.70. The molecule has 5 aliphatic carbocycles. The van der Waals surface area contributed by atoms with E-state index in [0.29, 0.717) is 10.7 Å². The zero-order valence-corrected chi connectivity index (χ0v) is 12.1. The summed E-state index contributed by atoms with van der Waals surface area (Å²) in [5.74, 6) is 3.69. The normalized spacial score (nSPS) is 59.0. The van der Waals surface area contributed by atoms with Crippen molar-refractivity contribution in [1.82, 2.24) is 0 Å². The lowest BCUT2D eigenvalue weighted by atomic mass is 9.46. The fraction of sp³-hybridized carbons (Fsp3) is 1.00. The van der Waals surface area contributed by atoms with Crippen molar-refractivity contribution in [3.8, 4) is 0 Å². The number of aliphatic hydroxyl groups is 1. The largest absolute Gasteiger partial charge is 0.393 e. The van der Waals surface area contributed by atoms with E-state index in [1.165, 1.54) is 44.9 Å². The molecule has 0 heterocycles. The number of fused-ring (bicyclic) bond motifs is 2. The van der Waals surface area contributed by atoms with Gasteiger partial charge >= 0.3 is 0 Å². The lowest BCUT2D eigenvalue weighted by Gasteiger charge is -2.58. The van der Waals surface area contributed by atoms with Crippen LogP contribution in [-0.4, -0.2) is 16.5 Å². The third-order valence-electron chi connectivity index (χ3n) is 7.05. The van der Waals surface area contributed by atoms with Crippen LogP contribution in [0.2, 0.25) is 0 Å². The maximum absolute atomic E-state index is 10.2. The van der Waals surface area contributed by atoms with Crippen LogP contribution in [0.5, 0.6) is 0 Å². The van der Waals surface area contributed by atoms with E-state index in [0.717, 1.165) is 36.5 Å². The number of rotatable bonds is 1. The molecule has 102 valence electrons. The van der Waals surface area contributed by atoms with Gasteiger partial charge in [-0.1, -0.05) is 0 Å². The molecular formula is C16H26OS. The van der Waals surface area contributed by atoms with Gasteiger partial charge in [0.1, 0.15) is 0 Å². The summed E-state index contributed by atoms with van der Waals surface area (Å²) in [5, 5.41) is 10.8. The molecule has 5 saturated carbocycles. The van der Waals surface area contributed by atoms with Crippen LogP contribution in [0.4, 0.5) is 0 Å². The number of hydrogen-bond donors (Lipinski definition) is 2. The molecule has 1 N–H and O–H groups in total. The van der Waals surface area contributed by atoms with Gasteiger partial charge in [0.05, 0.1) is 6.10 Å². The fourth-order valence-corrected chi connectivity index (χ4v) is 6.72. The van der Waals surface area contributed by atoms with Crippen molar-refractivity contribution in [1.29, 1.82) is 0 Å². The van der Waals surface area contributed by atoms with E-state index in [4.69, 9.17) is 0 Å². The predicted molar refractivity (Wildman–Crippen MR) is 76.7 cm³/mol. The van der Waals surface area contributed by atoms with Crippen LogP contribution in [0, 0.1) is 29.1 Å². The zero-order valence-electron chi connectivity index (χ0n) is 11.2. The predicted octanol–water partition coefficient (Wildman–Crippen LogP) is 3.66. The Morgan fingerprint density at radius 1 is 0.889 bits per heavy atom. The van der Waals surface area contributed by atoms with Gasteiger partial charge in [0.2, 0.25) is 0 Å². The fourth-order valence-electron chi connectivity index (χ4n) is 6.42. The lowest BCUT2D eigenvalue weighted by Crippen LogP contribution is -2.52. The van der Waals surface area contributed by atoms with Crippen molar-refractivity contribution in [2.24, 2.45) is 29.1 Å². The van der Waals surface area contributed by atoms with Crippen LogP contribution in [0.15, 0.2) is 0 Å². The first-order valence-electron chi connectivity index (χ1n) is 8.06. The summed E-state index contributed by atoms with van der Waals surface area (Å²) < 4.78 is 0. The molecule has 2 heteroatoms. The van der Waals surface area contributed by atoms with E-state index in [2.05, 4.69) is 12.6 Å². The van der Waals surface area contributed by atoms with E-state index in [-0.39, 0.29) is 6.10 Å². The van der Waals surface area contributed by atoms with Gasteiger partial charge in [0.25, 0.3) is 0 Å². The first-order valence-corrected chi connectivity index (χ1v) is 8.58. The second kappa shape index (κ2) is 4.15. The third-order valence-corrected chi connectivity index (χ3v) is 7.57. The highest BCUT2D eigenvalue weighted by Gasteiger charge is 2.65. The zero-order chi connectivity index (χ0) is 12.3. The molecular weight excluding hydrogens is 240 g/mol. The van der Waals surface area contributed by atoms with Gasteiger partial charge in [0, 0.05) is 5.25 Å². The Bertz CT molecular complexity index is 336. The summed E-state index contributed by atoms with van der Waals surface area (Å²) in [7, 11) is 0. The van der Waals surface area contributed by atoms with Crippen LogP contribution in [0.3, 0.4) is 0 Å². The Hall–Kier alpha value is 0.310. The minimum atomic E-state index is 0.0217. The number of aliphatic hydroxyl groups excluding tert-OH is 1. The molecule has 18 heavy (non-hydrogen) atoms. The minimum Gasteiger partial charge on any atom is -0.393 e. The molecule has 0 spiro atoms. The lowest BCUT2D eigenvalue weighted by molar-refractivity contribution is -0.0975. The van der Waals surface area contributed by atoms with Crippen molar-refractivity contribution in [3.05, 3.63) is 0 Å². The van der Waals surface area contributed by atoms with E-state index < -0.39 is 0 Å². The summed E-state index contributed by atoms with van der Waals surface area (Å²) in [4.78, 5) is 0. The molecule has 0 amide bonds. The average Bonchev–Trinajstić information content (AvgIpc) is 2.45. The van der Waals surface area contributed by atoms with Gasteiger partial charge in [-0.05, 0) is 86.9 Å². The van der Waals surface area contributed by atoms with Gasteiger partial charge < -0.3 is 5.11 Å². The number of thiol groups is 1. The van der Waals surface area contributed by atoms with Gasteiger partial charge in [-0.25, -0.2) is 0 Å². The van der Waals surface area contributed by atoms with Crippen molar-refractivity contribution >= 4 is 12.6 Å². The van der Waals surface area contributed by atoms with Crippen LogP contribution < -0.4 is 0 Å². The van der Waals surface area contributed by atoms with Crippen LogP contribution >= 0.6 is 12.6 Å². The second-order valence-corrected chi connectivity index (χ2v) is 8.32. The molecule has 5 rings (SSSR count). The molecule has 5 fully saturated rings. The van der Waals surface area contributed by atoms with Gasteiger partial charge in [-0.3, -0.25) is 0 Å². The van der Waals surface area contributed by atoms with Crippen LogP contribution in [-0.2, 0) is 0 Å². The first kappa shape index (κ1) is 12.1. The number of hydrogen-bond acceptors (Lipinski definition) is 2. The van der Waals surface area contributed by atoms with Crippen LogP contribution in [0.1, 0.15) is 57.8 Å². The summed E-state index contributed by atoms with van der Waals surface area (Å²) in [6.45, 7) is 0. The highest BCUT2D eigenvalue weighted by molar-refractivity contribution is 7.80. The molecule has 0 aliphatic heterocycles. The monoisotopic (exact) mass is 266 g/mol. The molecule has 0 aromatic heterocycles. The second-order valence-electron chi connectivity index (χ2n) is 7.59. The third kappa shape index (κ3) is 1.51. The molecule has 5 atom stereocenters. The molecule has 0 aromatic rings. The van der Waals surface area contributed by atoms with Crippen LogP contribution in [0.25, 0.3) is 0 Å². The Morgan fingerprint density at radius 2 is 1.61 bits per heavy atom. The summed E-state index contributed by atoms with van der Waals surface area (Å²) in [5.41, 5.74) is 0.677. The van der Waals surface area contributed by atoms with Gasteiger partial charge in [-0.15, -0.1) is 0 Å². The summed E-state index contributed by atoms with van der Waals surface area (Å²) in [6, 6.07) is 0. The molecule has 0 radical (unpaired) electrons. The Balaban J connectivity index is 1.60. The average molecular weight is 266 g/mol. The minimum absolute atomic E-state index is 0.0217. The molecule has 5 aliphatic rings. The molecule has 1 nitrogen and oxygen atoms in total. The smallest absolute Gasteiger partial charge is 0.0545 e. The molecule has 0 aromatic carbocycles. The quantitative estimate of drug-likeness (QED) is 0.694. The van der Waals surface area contributed by atoms with Crippen molar-refractivity contribution in [2.75, 3.05) is 0 Å². The SMILES string of the molecule is OC1CC2CC3(C4CCC(S)CC4)C(CCC23)C1. The standard InChI is InChI=1S/C16H26OS/c17-13-7-10-9-16(11-1-4-14(18)5-2-11)12(8-13)3-6-15(10)16/h10-15,17-18H,1-9H2. The van der Waals surface area contributed by atoms with Crippen molar-refractivity contribution < 1.29 is 5.11 Å². The van der Waals surface area contributed by atoms with Crippen molar-refractivity contribution in [3.63, 3.8) is 0 Å². The Kier molecular flexibility index (Phi) is 2.79. The molecule has 4 bridgehead atoms. The summed E-state index contributed by atoms with van der Waals surface area (Å²) >= 11 is 4.66. The molecule has 5 unspecified atom stereocenters. The van der Waals surface area contributed by atoms with E-state index in [9.17, 15) is 5.11 Å². The van der Waals surface area contributed by atoms with E-state index in [1.807, 2.05) is 0 Å². The topological polar surface area (TPSA) is 20.2 Å². The van der Waals surface area contributed by atoms with Gasteiger partial charge in [-0.2, -0.15) is 12.6 Å². The maximum Gasteiger partial charge on any atom is 0.0545 e. The van der Waals surface area contributed by atoms with Crippen molar-refractivity contribution in [2.45, 2.75) is 69.1 Å². The van der Waals surface area contributed by atoms with E-state index in [1.54, 1.807) is 0 Å². The maximum atomic E-state index is 10.2. The van der Waals surface area contributed by atoms with Gasteiger partial charge in [0.15, 0.2) is 0 Å². The van der Waals surface area contributed by atoms with E-state index >= 15 is 0 Å².